The molecule has 0 amide bonds. The molecule has 52 valence electrons. The molecule has 0 spiro atoms. The van der Waals surface area contributed by atoms with Gasteiger partial charge in [-0.15, -0.1) is 11.3 Å². The molecule has 0 saturated heterocycles. The number of carbonyl (C=O) groups is 1. The largest absolute Gasteiger partial charge is 0.288 e. The Morgan fingerprint density at radius 1 is 1.80 bits per heavy atom. The average Bonchev–Trinajstić information content (AvgIpc) is 2.34. The molecule has 0 aliphatic rings. The second-order valence-corrected chi connectivity index (χ2v) is 3.74. The predicted molar refractivity (Wildman–Crippen MR) is 51.6 cm³/mol. The van der Waals surface area contributed by atoms with Gasteiger partial charge in [-0.1, -0.05) is 6.58 Å². The van der Waals surface area contributed by atoms with Crippen LogP contribution in [0.4, 0.5) is 0 Å². The van der Waals surface area contributed by atoms with E-state index in [1.54, 1.807) is 0 Å². The lowest BCUT2D eigenvalue weighted by Gasteiger charge is -1.87. The van der Waals surface area contributed by atoms with Crippen molar-refractivity contribution in [1.29, 1.82) is 0 Å². The third-order valence-corrected chi connectivity index (χ3v) is 3.22. The molecule has 3 heteroatoms. The lowest BCUT2D eigenvalue weighted by molar-refractivity contribution is 0.105. The van der Waals surface area contributed by atoms with Crippen LogP contribution in [0.1, 0.15) is 9.67 Å². The van der Waals surface area contributed by atoms with E-state index in [2.05, 4.69) is 29.2 Å². The first-order valence-electron chi connectivity index (χ1n) is 2.65. The van der Waals surface area contributed by atoms with Crippen molar-refractivity contribution in [2.45, 2.75) is 0 Å². The number of rotatable bonds is 2. The van der Waals surface area contributed by atoms with Gasteiger partial charge in [-0.05, 0) is 40.1 Å². The monoisotopic (exact) mass is 264 g/mol. The Balaban J connectivity index is 3.04. The molecule has 10 heavy (non-hydrogen) atoms. The van der Waals surface area contributed by atoms with Crippen LogP contribution >= 0.6 is 33.9 Å². The number of hydrogen-bond acceptors (Lipinski definition) is 2. The van der Waals surface area contributed by atoms with Gasteiger partial charge in [0, 0.05) is 3.57 Å². The van der Waals surface area contributed by atoms with E-state index in [0.29, 0.717) is 0 Å². The number of carbonyl (C=O) groups excluding carboxylic acids is 1. The maximum Gasteiger partial charge on any atom is 0.196 e. The van der Waals surface area contributed by atoms with Crippen molar-refractivity contribution in [1.82, 2.24) is 0 Å². The smallest absolute Gasteiger partial charge is 0.196 e. The lowest BCUT2D eigenvalue weighted by Crippen LogP contribution is -1.90. The minimum atomic E-state index is 0.0133. The first-order chi connectivity index (χ1) is 4.75. The highest BCUT2D eigenvalue weighted by Gasteiger charge is 2.06. The van der Waals surface area contributed by atoms with E-state index in [-0.39, 0.29) is 5.78 Å². The van der Waals surface area contributed by atoms with Crippen LogP contribution in [0.5, 0.6) is 0 Å². The summed E-state index contributed by atoms with van der Waals surface area (Å²) in [4.78, 5) is 11.8. The minimum absolute atomic E-state index is 0.0133. The third-order valence-electron chi connectivity index (χ3n) is 1.03. The molecule has 0 aromatic carbocycles. The van der Waals surface area contributed by atoms with Crippen LogP contribution in [0.15, 0.2) is 24.1 Å². The fourth-order valence-electron chi connectivity index (χ4n) is 0.562. The third kappa shape index (κ3) is 1.46. The van der Waals surface area contributed by atoms with Crippen LogP contribution < -0.4 is 0 Å². The zero-order valence-electron chi connectivity index (χ0n) is 5.13. The summed E-state index contributed by atoms with van der Waals surface area (Å²) in [6, 6.07) is 1.92. The summed E-state index contributed by atoms with van der Waals surface area (Å²) in [5.41, 5.74) is 0. The zero-order chi connectivity index (χ0) is 7.56. The van der Waals surface area contributed by atoms with Crippen LogP contribution in [0.2, 0.25) is 0 Å². The van der Waals surface area contributed by atoms with E-state index < -0.39 is 0 Å². The minimum Gasteiger partial charge on any atom is -0.288 e. The van der Waals surface area contributed by atoms with E-state index in [1.807, 2.05) is 11.4 Å². The van der Waals surface area contributed by atoms with E-state index in [1.165, 1.54) is 17.4 Å². The summed E-state index contributed by atoms with van der Waals surface area (Å²) in [6.07, 6.45) is 1.34. The van der Waals surface area contributed by atoms with Gasteiger partial charge in [0.15, 0.2) is 5.78 Å². The van der Waals surface area contributed by atoms with Gasteiger partial charge in [0.25, 0.3) is 0 Å². The highest BCUT2D eigenvalue weighted by atomic mass is 127. The van der Waals surface area contributed by atoms with Crippen LogP contribution in [0.3, 0.4) is 0 Å². The molecule has 1 heterocycles. The zero-order valence-corrected chi connectivity index (χ0v) is 8.11. The highest BCUT2D eigenvalue weighted by molar-refractivity contribution is 14.1. The lowest BCUT2D eigenvalue weighted by atomic mass is 10.3. The van der Waals surface area contributed by atoms with E-state index in [9.17, 15) is 4.79 Å². The summed E-state index contributed by atoms with van der Waals surface area (Å²) in [6.45, 7) is 3.41. The standard InChI is InChI=1S/C7H5IOS/c1-2-6(9)7-5(8)3-4-10-7/h2-4H,1H2. The molecular formula is C7H5IOS. The number of allylic oxidation sites excluding steroid dienone is 1. The Bertz CT molecular complexity index is 264. The van der Waals surface area contributed by atoms with Gasteiger partial charge in [-0.2, -0.15) is 0 Å². The first-order valence-corrected chi connectivity index (χ1v) is 4.61. The average molecular weight is 264 g/mol. The van der Waals surface area contributed by atoms with Crippen molar-refractivity contribution in [2.24, 2.45) is 0 Å². The van der Waals surface area contributed by atoms with E-state index in [0.717, 1.165) is 8.45 Å². The predicted octanol–water partition coefficient (Wildman–Crippen LogP) is 2.72. The molecule has 0 unspecified atom stereocenters. The maximum absolute atomic E-state index is 11.0. The summed E-state index contributed by atoms with van der Waals surface area (Å²) in [5, 5.41) is 1.90. The van der Waals surface area contributed by atoms with Gasteiger partial charge in [-0.25, -0.2) is 0 Å². The van der Waals surface area contributed by atoms with Crippen LogP contribution in [-0.4, -0.2) is 5.78 Å². The van der Waals surface area contributed by atoms with Crippen molar-refractivity contribution in [2.75, 3.05) is 0 Å². The second-order valence-electron chi connectivity index (χ2n) is 1.67. The summed E-state index contributed by atoms with van der Waals surface area (Å²) in [5.74, 6) is 0.0133. The molecule has 1 nitrogen and oxygen atoms in total. The molecular weight excluding hydrogens is 259 g/mol. The van der Waals surface area contributed by atoms with Crippen molar-refractivity contribution >= 4 is 39.7 Å². The van der Waals surface area contributed by atoms with Gasteiger partial charge >= 0.3 is 0 Å². The molecule has 0 aliphatic carbocycles. The fourth-order valence-corrected chi connectivity index (χ4v) is 2.35. The second kappa shape index (κ2) is 3.30. The van der Waals surface area contributed by atoms with E-state index >= 15 is 0 Å². The molecule has 0 aliphatic heterocycles. The van der Waals surface area contributed by atoms with Gasteiger partial charge < -0.3 is 0 Å². The molecule has 0 bridgehead atoms. The van der Waals surface area contributed by atoms with Gasteiger partial charge in [0.05, 0.1) is 4.88 Å². The van der Waals surface area contributed by atoms with Gasteiger partial charge in [0.1, 0.15) is 0 Å². The Morgan fingerprint density at radius 2 is 2.50 bits per heavy atom. The first kappa shape index (κ1) is 7.94. The summed E-state index contributed by atoms with van der Waals surface area (Å²) >= 11 is 3.59. The summed E-state index contributed by atoms with van der Waals surface area (Å²) < 4.78 is 1.01. The normalized spacial score (nSPS) is 9.30. The van der Waals surface area contributed by atoms with Gasteiger partial charge in [0.2, 0.25) is 0 Å². The van der Waals surface area contributed by atoms with Crippen LogP contribution in [0.25, 0.3) is 0 Å². The van der Waals surface area contributed by atoms with E-state index in [4.69, 9.17) is 0 Å². The molecule has 0 atom stereocenters. The Kier molecular flexibility index (Phi) is 2.62. The van der Waals surface area contributed by atoms with Crippen molar-refractivity contribution < 1.29 is 4.79 Å². The molecule has 1 aromatic rings. The van der Waals surface area contributed by atoms with Crippen molar-refractivity contribution in [3.8, 4) is 0 Å². The topological polar surface area (TPSA) is 17.1 Å². The quantitative estimate of drug-likeness (QED) is 0.456. The molecule has 0 saturated carbocycles. The van der Waals surface area contributed by atoms with Gasteiger partial charge in [-0.3, -0.25) is 4.79 Å². The number of ketones is 1. The van der Waals surface area contributed by atoms with Crippen LogP contribution in [-0.2, 0) is 0 Å². The maximum atomic E-state index is 11.0. The number of thiophene rings is 1. The molecule has 1 aromatic heterocycles. The highest BCUT2D eigenvalue weighted by Crippen LogP contribution is 2.19. The molecule has 1 rings (SSSR count). The SMILES string of the molecule is C=CC(=O)c1sccc1I. The number of halogens is 1. The molecule has 0 radical (unpaired) electrons. The molecule has 0 N–H and O–H groups in total. The van der Waals surface area contributed by atoms with Crippen molar-refractivity contribution in [3.05, 3.63) is 32.5 Å². The molecule has 0 fully saturated rings. The Hall–Kier alpha value is -0.160. The fraction of sp³-hybridized carbons (Fsp3) is 0. The number of hydrogen-bond donors (Lipinski definition) is 0. The Morgan fingerprint density at radius 3 is 2.90 bits per heavy atom. The Labute approximate surface area is 76.9 Å². The van der Waals surface area contributed by atoms with Crippen LogP contribution in [0, 0.1) is 3.57 Å². The summed E-state index contributed by atoms with van der Waals surface area (Å²) in [7, 11) is 0. The van der Waals surface area contributed by atoms with Crippen molar-refractivity contribution in [3.63, 3.8) is 0 Å².